The van der Waals surface area contributed by atoms with Gasteiger partial charge in [-0.3, -0.25) is 33.6 Å². The van der Waals surface area contributed by atoms with Gasteiger partial charge in [0.2, 0.25) is 41.4 Å². The van der Waals surface area contributed by atoms with E-state index in [9.17, 15) is 33.6 Å². The maximum absolute atomic E-state index is 13.5. The Balaban J connectivity index is 3.01. The highest BCUT2D eigenvalue weighted by Crippen LogP contribution is 2.10. The molecule has 0 aliphatic carbocycles. The molecule has 0 spiro atoms. The number of unbranched alkanes of at least 4 members (excludes halogenated alkanes) is 2. The molecule has 274 valence electrons. The summed E-state index contributed by atoms with van der Waals surface area (Å²) in [7, 11) is 0. The molecule has 0 heterocycles. The number of rotatable bonds is 23. The minimum absolute atomic E-state index is 0.0530. The third-order valence-electron chi connectivity index (χ3n) is 7.72. The Morgan fingerprint density at radius 2 is 1.27 bits per heavy atom. The van der Waals surface area contributed by atoms with E-state index < -0.39 is 71.6 Å². The first kappa shape index (κ1) is 42.5. The van der Waals surface area contributed by atoms with Crippen molar-refractivity contribution in [3.8, 4) is 0 Å². The Kier molecular flexibility index (Phi) is 19.2. The van der Waals surface area contributed by atoms with Crippen LogP contribution < -0.4 is 43.8 Å². The normalized spacial score (nSPS) is 14.1. The topological polar surface area (TPSA) is 258 Å². The van der Waals surface area contributed by atoms with Crippen LogP contribution in [0, 0.1) is 11.8 Å². The molecule has 0 aliphatic heterocycles. The van der Waals surface area contributed by atoms with Gasteiger partial charge < -0.3 is 43.8 Å². The lowest BCUT2D eigenvalue weighted by atomic mass is 9.99. The van der Waals surface area contributed by atoms with Gasteiger partial charge in [-0.15, -0.1) is 0 Å². The van der Waals surface area contributed by atoms with Gasteiger partial charge in [-0.25, -0.2) is 0 Å². The third-order valence-corrected chi connectivity index (χ3v) is 7.72. The van der Waals surface area contributed by atoms with Crippen LogP contribution in [0.2, 0.25) is 0 Å². The Hall–Kier alpha value is -4.53. The van der Waals surface area contributed by atoms with Gasteiger partial charge >= 0.3 is 0 Å². The van der Waals surface area contributed by atoms with Gasteiger partial charge in [0.15, 0.2) is 0 Å². The minimum atomic E-state index is -1.30. The summed E-state index contributed by atoms with van der Waals surface area (Å²) >= 11 is 0. The molecule has 0 unspecified atom stereocenters. The number of amides is 7. The maximum Gasteiger partial charge on any atom is 0.243 e. The van der Waals surface area contributed by atoms with E-state index in [0.717, 1.165) is 18.4 Å². The third kappa shape index (κ3) is 16.9. The molecule has 0 saturated heterocycles. The zero-order chi connectivity index (χ0) is 37.1. The van der Waals surface area contributed by atoms with E-state index >= 15 is 0 Å². The van der Waals surface area contributed by atoms with Crippen molar-refractivity contribution in [3.63, 3.8) is 0 Å². The molecule has 49 heavy (non-hydrogen) atoms. The zero-order valence-electron chi connectivity index (χ0n) is 29.4. The van der Waals surface area contributed by atoms with Crippen molar-refractivity contribution in [1.29, 1.82) is 0 Å². The van der Waals surface area contributed by atoms with E-state index in [1.807, 2.05) is 13.8 Å². The van der Waals surface area contributed by atoms with Crippen LogP contribution >= 0.6 is 0 Å². The average Bonchev–Trinajstić information content (AvgIpc) is 3.02. The van der Waals surface area contributed by atoms with Crippen LogP contribution in [0.3, 0.4) is 0 Å². The molecule has 1 aromatic rings. The lowest BCUT2D eigenvalue weighted by Gasteiger charge is -2.28. The van der Waals surface area contributed by atoms with Crippen molar-refractivity contribution in [2.24, 2.45) is 29.0 Å². The van der Waals surface area contributed by atoms with Gasteiger partial charge in [-0.05, 0) is 56.6 Å². The molecule has 15 nitrogen and oxygen atoms in total. The lowest BCUT2D eigenvalue weighted by Crippen LogP contribution is -2.59. The summed E-state index contributed by atoms with van der Waals surface area (Å²) < 4.78 is 0. The summed E-state index contributed by atoms with van der Waals surface area (Å²) in [5, 5.41) is 13.1. The number of carbonyl (C=O) groups is 7. The van der Waals surface area contributed by atoms with Crippen molar-refractivity contribution in [2.75, 3.05) is 6.54 Å². The monoisotopic (exact) mass is 688 g/mol. The number of hydrogen-bond donors (Lipinski definition) is 8. The summed E-state index contributed by atoms with van der Waals surface area (Å²) in [5.41, 5.74) is 17.1. The van der Waals surface area contributed by atoms with Gasteiger partial charge in [-0.2, -0.15) is 0 Å². The molecule has 7 amide bonds. The molecule has 0 aliphatic rings. The van der Waals surface area contributed by atoms with E-state index in [0.29, 0.717) is 19.4 Å². The second-order valence-corrected chi connectivity index (χ2v) is 13.0. The van der Waals surface area contributed by atoms with Crippen LogP contribution in [-0.4, -0.2) is 78.1 Å². The summed E-state index contributed by atoms with van der Waals surface area (Å²) in [6, 6.07) is 3.41. The summed E-state index contributed by atoms with van der Waals surface area (Å²) in [5.74, 6) is -4.89. The molecule has 5 atom stereocenters. The summed E-state index contributed by atoms with van der Waals surface area (Å²) in [4.78, 5) is 89.4. The predicted octanol–water partition coefficient (Wildman–Crippen LogP) is -0.355. The molecule has 1 aromatic carbocycles. The first-order valence-electron chi connectivity index (χ1n) is 16.9. The highest BCUT2D eigenvalue weighted by Gasteiger charge is 2.33. The molecule has 0 aromatic heterocycles. The van der Waals surface area contributed by atoms with Gasteiger partial charge in [0, 0.05) is 19.3 Å². The molecule has 15 heteroatoms. The smallest absolute Gasteiger partial charge is 0.243 e. The van der Waals surface area contributed by atoms with E-state index in [4.69, 9.17) is 17.2 Å². The molecule has 0 fully saturated rings. The predicted molar refractivity (Wildman–Crippen MR) is 185 cm³/mol. The fraction of sp³-hybridized carbons (Fsp3) is 0.618. The van der Waals surface area contributed by atoms with Gasteiger partial charge in [-0.1, -0.05) is 64.4 Å². The Labute approximate surface area is 289 Å². The van der Waals surface area contributed by atoms with Crippen LogP contribution in [0.25, 0.3) is 0 Å². The number of nitrogens with one attached hydrogen (secondary N) is 5. The van der Waals surface area contributed by atoms with Crippen molar-refractivity contribution in [2.45, 2.75) is 116 Å². The van der Waals surface area contributed by atoms with Gasteiger partial charge in [0.1, 0.15) is 30.2 Å². The summed E-state index contributed by atoms with van der Waals surface area (Å²) in [6.07, 6.45) is 2.47. The quantitative estimate of drug-likeness (QED) is 0.0703. The van der Waals surface area contributed by atoms with Crippen molar-refractivity contribution >= 4 is 41.4 Å². The van der Waals surface area contributed by atoms with Crippen molar-refractivity contribution in [3.05, 3.63) is 35.9 Å². The second kappa shape index (κ2) is 22.2. The van der Waals surface area contributed by atoms with Crippen LogP contribution in [0.15, 0.2) is 30.3 Å². The Morgan fingerprint density at radius 1 is 0.653 bits per heavy atom. The SMILES string of the molecule is CC(C)C[C@H](NC(=O)CCCCCN)C(=O)N[C@H](C(=O)N[C@@H](CCC(N)=O)C(=O)N[C@@H](C)C(=O)N[C@@H](Cc1ccccc1)C(N)=O)C(C)C. The number of carbonyl (C=O) groups excluding carboxylic acids is 7. The Morgan fingerprint density at radius 3 is 1.82 bits per heavy atom. The van der Waals surface area contributed by atoms with Crippen LogP contribution in [0.4, 0.5) is 0 Å². The highest BCUT2D eigenvalue weighted by molar-refractivity contribution is 5.96. The van der Waals surface area contributed by atoms with Crippen molar-refractivity contribution < 1.29 is 33.6 Å². The average molecular weight is 689 g/mol. The molecule has 1 rings (SSSR count). The maximum atomic E-state index is 13.5. The van der Waals surface area contributed by atoms with Crippen LogP contribution in [-0.2, 0) is 40.0 Å². The van der Waals surface area contributed by atoms with Gasteiger partial charge in [0.05, 0.1) is 0 Å². The first-order chi connectivity index (χ1) is 23.0. The molecular formula is C34H56N8O7. The number of nitrogens with two attached hydrogens (primary N) is 3. The highest BCUT2D eigenvalue weighted by atomic mass is 16.2. The Bertz CT molecular complexity index is 1260. The van der Waals surface area contributed by atoms with Crippen molar-refractivity contribution in [1.82, 2.24) is 26.6 Å². The second-order valence-electron chi connectivity index (χ2n) is 13.0. The van der Waals surface area contributed by atoms with Gasteiger partial charge in [0.25, 0.3) is 0 Å². The lowest BCUT2D eigenvalue weighted by molar-refractivity contribution is -0.135. The number of hydrogen-bond acceptors (Lipinski definition) is 8. The molecule has 11 N–H and O–H groups in total. The largest absolute Gasteiger partial charge is 0.370 e. The molecule has 0 bridgehead atoms. The number of benzene rings is 1. The van der Waals surface area contributed by atoms with Crippen LogP contribution in [0.5, 0.6) is 0 Å². The molecule has 0 radical (unpaired) electrons. The van der Waals surface area contributed by atoms with Crippen LogP contribution in [0.1, 0.15) is 85.1 Å². The molecular weight excluding hydrogens is 632 g/mol. The van der Waals surface area contributed by atoms with E-state index in [-0.39, 0.29) is 37.5 Å². The van der Waals surface area contributed by atoms with E-state index in [1.54, 1.807) is 44.2 Å². The standard InChI is InChI=1S/C34H56N8O7/c1-20(2)18-26(39-28(44)14-10-7-11-17-35)33(48)42-29(21(3)4)34(49)40-24(15-16-27(36)43)32(47)38-22(5)31(46)41-25(30(37)45)19-23-12-8-6-9-13-23/h6,8-9,12-13,20-22,24-26,29H,7,10-11,14-19,35H2,1-5H3,(H2,36,43)(H2,37,45)(H,38,47)(H,39,44)(H,40,49)(H,41,46)(H,42,48)/t22-,24-,25-,26-,29-/m0/s1. The minimum Gasteiger partial charge on any atom is -0.370 e. The first-order valence-corrected chi connectivity index (χ1v) is 16.9. The zero-order valence-corrected chi connectivity index (χ0v) is 29.4. The molecule has 0 saturated carbocycles. The fourth-order valence-electron chi connectivity index (χ4n) is 4.93. The van der Waals surface area contributed by atoms with E-state index in [1.165, 1.54) is 6.92 Å². The van der Waals surface area contributed by atoms with E-state index in [2.05, 4.69) is 26.6 Å². The summed E-state index contributed by atoms with van der Waals surface area (Å²) in [6.45, 7) is 9.13. The fourth-order valence-corrected chi connectivity index (χ4v) is 4.93. The number of primary amides is 2.